The molecule has 5 heterocycles. The summed E-state index contributed by atoms with van der Waals surface area (Å²) >= 11 is 0. The highest BCUT2D eigenvalue weighted by molar-refractivity contribution is 5.83. The zero-order valence-corrected chi connectivity index (χ0v) is 15.5. The lowest BCUT2D eigenvalue weighted by atomic mass is 10.1. The van der Waals surface area contributed by atoms with Gasteiger partial charge in [-0.1, -0.05) is 0 Å². The molecule has 0 unspecified atom stereocenters. The summed E-state index contributed by atoms with van der Waals surface area (Å²) in [7, 11) is 0. The molecule has 3 aromatic rings. The Bertz CT molecular complexity index is 1040. The smallest absolute Gasteiger partial charge is 0.167 e. The number of rotatable bonds is 5. The van der Waals surface area contributed by atoms with Crippen LogP contribution >= 0.6 is 0 Å². The molecule has 1 fully saturated rings. The number of anilines is 1. The lowest BCUT2D eigenvalue weighted by Crippen LogP contribution is -2.33. The molecule has 5 atom stereocenters. The van der Waals surface area contributed by atoms with Gasteiger partial charge in [-0.15, -0.1) is 0 Å². The highest BCUT2D eigenvalue weighted by Crippen LogP contribution is 2.35. The lowest BCUT2D eigenvalue weighted by molar-refractivity contribution is -0.0511. The minimum Gasteiger partial charge on any atom is -0.394 e. The van der Waals surface area contributed by atoms with Crippen molar-refractivity contribution >= 4 is 17.0 Å². The molecule has 5 rings (SSSR count). The van der Waals surface area contributed by atoms with E-state index in [1.165, 1.54) is 17.2 Å². The molecule has 0 aromatic carbocycles. The van der Waals surface area contributed by atoms with Gasteiger partial charge in [0.2, 0.25) is 0 Å². The Hall–Kier alpha value is -2.57. The van der Waals surface area contributed by atoms with Crippen LogP contribution in [0, 0.1) is 0 Å². The minimum absolute atomic E-state index is 0.0238. The summed E-state index contributed by atoms with van der Waals surface area (Å²) in [6.07, 6.45) is 1.46. The number of nitrogens with one attached hydrogen (secondary N) is 1. The summed E-state index contributed by atoms with van der Waals surface area (Å²) in [5, 5.41) is 42.6. The van der Waals surface area contributed by atoms with E-state index in [4.69, 9.17) is 4.74 Å². The highest BCUT2D eigenvalue weighted by Gasteiger charge is 2.44. The molecule has 0 bridgehead atoms. The maximum Gasteiger partial charge on any atom is 0.167 e. The Morgan fingerprint density at radius 1 is 1.17 bits per heavy atom. The molecule has 29 heavy (non-hydrogen) atoms. The van der Waals surface area contributed by atoms with Crippen LogP contribution in [0.15, 0.2) is 24.9 Å². The third-order valence-corrected chi connectivity index (χ3v) is 5.71. The van der Waals surface area contributed by atoms with E-state index in [2.05, 4.69) is 24.8 Å². The molecular weight excluding hydrogens is 380 g/mol. The Morgan fingerprint density at radius 2 is 2.03 bits per heavy atom. The predicted octanol–water partition coefficient (Wildman–Crippen LogP) is -0.712. The van der Waals surface area contributed by atoms with E-state index in [1.807, 2.05) is 12.3 Å². The van der Waals surface area contributed by atoms with Gasteiger partial charge in [-0.2, -0.15) is 0 Å². The van der Waals surface area contributed by atoms with Crippen LogP contribution in [-0.2, 0) is 17.9 Å². The van der Waals surface area contributed by atoms with Gasteiger partial charge in [-0.3, -0.25) is 4.57 Å². The topological polar surface area (TPSA) is 151 Å². The van der Waals surface area contributed by atoms with Crippen molar-refractivity contribution in [3.05, 3.63) is 36.2 Å². The molecule has 5 N–H and O–H groups in total. The Balaban J connectivity index is 1.47. The first kappa shape index (κ1) is 18.5. The fourth-order valence-corrected chi connectivity index (χ4v) is 4.25. The van der Waals surface area contributed by atoms with Gasteiger partial charge in [0.05, 0.1) is 25.6 Å². The van der Waals surface area contributed by atoms with Crippen LogP contribution in [0.5, 0.6) is 0 Å². The van der Waals surface area contributed by atoms with Gasteiger partial charge in [-0.05, 0) is 12.5 Å². The monoisotopic (exact) mass is 402 g/mol. The van der Waals surface area contributed by atoms with Crippen molar-refractivity contribution in [2.45, 2.75) is 50.2 Å². The number of fused-ring (bicyclic) bond motifs is 2. The van der Waals surface area contributed by atoms with E-state index in [1.54, 1.807) is 0 Å². The number of aromatic nitrogens is 5. The van der Waals surface area contributed by atoms with Crippen LogP contribution in [0.25, 0.3) is 11.2 Å². The second-order valence-electron chi connectivity index (χ2n) is 7.34. The van der Waals surface area contributed by atoms with E-state index in [0.717, 1.165) is 24.2 Å². The van der Waals surface area contributed by atoms with Gasteiger partial charge >= 0.3 is 0 Å². The minimum atomic E-state index is -1.22. The van der Waals surface area contributed by atoms with E-state index >= 15 is 0 Å². The summed E-state index contributed by atoms with van der Waals surface area (Å²) in [6, 6.07) is 1.89. The molecule has 3 aromatic heterocycles. The first-order chi connectivity index (χ1) is 14.1. The van der Waals surface area contributed by atoms with Crippen molar-refractivity contribution < 1.29 is 25.2 Å². The fraction of sp³-hybridized carbons (Fsp3) is 0.500. The van der Waals surface area contributed by atoms with E-state index in [9.17, 15) is 20.4 Å². The summed E-state index contributed by atoms with van der Waals surface area (Å²) in [6.45, 7) is 0.412. The summed E-state index contributed by atoms with van der Waals surface area (Å²) in [5.41, 5.74) is 2.85. The largest absolute Gasteiger partial charge is 0.394 e. The lowest BCUT2D eigenvalue weighted by Gasteiger charge is -2.17. The summed E-state index contributed by atoms with van der Waals surface area (Å²) < 4.78 is 9.23. The van der Waals surface area contributed by atoms with Gasteiger partial charge in [0.15, 0.2) is 23.2 Å². The van der Waals surface area contributed by atoms with Crippen molar-refractivity contribution in [3.8, 4) is 0 Å². The van der Waals surface area contributed by atoms with Gasteiger partial charge in [-0.25, -0.2) is 15.0 Å². The van der Waals surface area contributed by atoms with E-state index in [-0.39, 0.29) is 12.6 Å². The number of imidazole rings is 1. The number of aliphatic hydroxyl groups is 4. The molecule has 154 valence electrons. The van der Waals surface area contributed by atoms with Gasteiger partial charge in [0, 0.05) is 24.0 Å². The Labute approximate surface area is 165 Å². The highest BCUT2D eigenvalue weighted by atomic mass is 16.6. The standard InChI is InChI=1S/C18H22N6O5/c25-5-9-1-3-23-4-2-10(13(9)23)22-16-12-17(20-7-19-16)24(8-21-12)18-15(28)14(27)11(6-26)29-18/h1,3,7-8,10-11,14-15,18,25-28H,2,4-6H2,(H,19,20,22)/t10-,11-,14-,15-,18-/m1/s1. The van der Waals surface area contributed by atoms with Crippen LogP contribution in [-0.4, -0.2) is 69.4 Å². The SMILES string of the molecule is OCc1ccn2c1[C@H](Nc1ncnc3c1ncn3[C@@H]1O[C@H](CO)[C@@H](O)[C@H]1O)CC2. The van der Waals surface area contributed by atoms with E-state index in [0.29, 0.717) is 17.0 Å². The molecule has 11 heteroatoms. The molecule has 11 nitrogen and oxygen atoms in total. The Kier molecular flexibility index (Phi) is 4.48. The first-order valence-corrected chi connectivity index (χ1v) is 9.47. The predicted molar refractivity (Wildman–Crippen MR) is 99.7 cm³/mol. The van der Waals surface area contributed by atoms with Crippen molar-refractivity contribution in [3.63, 3.8) is 0 Å². The maximum absolute atomic E-state index is 10.3. The first-order valence-electron chi connectivity index (χ1n) is 9.47. The normalized spacial score (nSPS) is 28.9. The molecule has 2 aliphatic rings. The molecule has 0 radical (unpaired) electrons. The second kappa shape index (κ2) is 7.04. The Morgan fingerprint density at radius 3 is 2.79 bits per heavy atom. The van der Waals surface area contributed by atoms with Gasteiger partial charge in [0.25, 0.3) is 0 Å². The molecule has 0 saturated carbocycles. The molecule has 0 spiro atoms. The van der Waals surface area contributed by atoms with Crippen LogP contribution < -0.4 is 5.32 Å². The number of hydrogen-bond acceptors (Lipinski definition) is 9. The third kappa shape index (κ3) is 2.81. The van der Waals surface area contributed by atoms with Crippen LogP contribution in [0.1, 0.15) is 29.9 Å². The van der Waals surface area contributed by atoms with Crippen molar-refractivity contribution in [2.24, 2.45) is 0 Å². The number of nitrogens with zero attached hydrogens (tertiary/aromatic N) is 5. The third-order valence-electron chi connectivity index (χ3n) is 5.71. The molecule has 1 saturated heterocycles. The molecule has 0 aliphatic carbocycles. The van der Waals surface area contributed by atoms with Crippen LogP contribution in [0.2, 0.25) is 0 Å². The number of aliphatic hydroxyl groups excluding tert-OH is 4. The van der Waals surface area contributed by atoms with Gasteiger partial charge in [0.1, 0.15) is 24.6 Å². The second-order valence-corrected chi connectivity index (χ2v) is 7.34. The summed E-state index contributed by atoms with van der Waals surface area (Å²) in [4.78, 5) is 13.0. The molecule has 2 aliphatic heterocycles. The number of aryl methyl sites for hydroxylation is 1. The molecule has 0 amide bonds. The maximum atomic E-state index is 10.3. The quantitative estimate of drug-likeness (QED) is 0.373. The van der Waals surface area contributed by atoms with Gasteiger partial charge < -0.3 is 35.0 Å². The van der Waals surface area contributed by atoms with Crippen LogP contribution in [0.4, 0.5) is 5.82 Å². The van der Waals surface area contributed by atoms with Crippen molar-refractivity contribution in [2.75, 3.05) is 11.9 Å². The summed E-state index contributed by atoms with van der Waals surface area (Å²) in [5.74, 6) is 0.532. The van der Waals surface area contributed by atoms with E-state index < -0.39 is 31.1 Å². The fourth-order valence-electron chi connectivity index (χ4n) is 4.25. The molecular formula is C18H22N6O5. The van der Waals surface area contributed by atoms with Crippen molar-refractivity contribution in [1.82, 2.24) is 24.1 Å². The average molecular weight is 402 g/mol. The van der Waals surface area contributed by atoms with Crippen molar-refractivity contribution in [1.29, 1.82) is 0 Å². The zero-order chi connectivity index (χ0) is 20.1. The number of ether oxygens (including phenoxy) is 1. The average Bonchev–Trinajstić information content (AvgIpc) is 3.48. The number of hydrogen-bond donors (Lipinski definition) is 5. The van der Waals surface area contributed by atoms with Crippen LogP contribution in [0.3, 0.4) is 0 Å². The zero-order valence-electron chi connectivity index (χ0n) is 15.5.